The molecule has 1 amide bonds. The summed E-state index contributed by atoms with van der Waals surface area (Å²) in [6.07, 6.45) is 2.00. The molecule has 0 aliphatic heterocycles. The molecule has 1 fully saturated rings. The first-order chi connectivity index (χ1) is 8.11. The number of carbonyl (C=O) groups excluding carboxylic acids is 1. The van der Waals surface area contributed by atoms with E-state index in [-0.39, 0.29) is 11.8 Å². The Morgan fingerprint density at radius 2 is 2.29 bits per heavy atom. The van der Waals surface area contributed by atoms with Gasteiger partial charge in [0.2, 0.25) is 5.91 Å². The average molecular weight is 233 g/mol. The molecule has 2 unspecified atom stereocenters. The second-order valence-corrected chi connectivity index (χ2v) is 4.50. The van der Waals surface area contributed by atoms with Gasteiger partial charge in [-0.05, 0) is 29.9 Å². The molecule has 0 radical (unpaired) electrons. The van der Waals surface area contributed by atoms with Crippen molar-refractivity contribution in [3.63, 3.8) is 0 Å². The van der Waals surface area contributed by atoms with Gasteiger partial charge in [-0.15, -0.1) is 0 Å². The Bertz CT molecular complexity index is 422. The maximum atomic E-state index is 11.8. The molecule has 2 atom stereocenters. The fourth-order valence-electron chi connectivity index (χ4n) is 2.03. The van der Waals surface area contributed by atoms with E-state index in [4.69, 9.17) is 10.0 Å². The summed E-state index contributed by atoms with van der Waals surface area (Å²) in [4.78, 5) is 11.8. The molecule has 90 valence electrons. The zero-order valence-electron chi connectivity index (χ0n) is 9.76. The van der Waals surface area contributed by atoms with E-state index in [2.05, 4.69) is 12.2 Å². The summed E-state index contributed by atoms with van der Waals surface area (Å²) in [5.41, 5.74) is 0.994. The second-order valence-electron chi connectivity index (χ2n) is 4.50. The Morgan fingerprint density at radius 1 is 1.53 bits per heavy atom. The Balaban J connectivity index is 1.99. The van der Waals surface area contributed by atoms with Crippen LogP contribution in [0.2, 0.25) is 0 Å². The van der Waals surface area contributed by atoms with E-state index in [1.54, 1.807) is 24.3 Å². The number of anilines is 1. The largest absolute Gasteiger partial charge is 0.488 e. The summed E-state index contributed by atoms with van der Waals surface area (Å²) in [7, 11) is -1.50. The third-order valence-electron chi connectivity index (χ3n) is 3.24. The predicted molar refractivity (Wildman–Crippen MR) is 66.8 cm³/mol. The van der Waals surface area contributed by atoms with Gasteiger partial charge in [0.05, 0.1) is 0 Å². The summed E-state index contributed by atoms with van der Waals surface area (Å²) in [5, 5.41) is 20.9. The van der Waals surface area contributed by atoms with E-state index in [9.17, 15) is 4.79 Å². The lowest BCUT2D eigenvalue weighted by atomic mass is 9.80. The smallest absolute Gasteiger partial charge is 0.423 e. The highest BCUT2D eigenvalue weighted by atomic mass is 16.4. The Kier molecular flexibility index (Phi) is 3.50. The first-order valence-electron chi connectivity index (χ1n) is 5.88. The Labute approximate surface area is 101 Å². The van der Waals surface area contributed by atoms with E-state index >= 15 is 0 Å². The summed E-state index contributed by atoms with van der Waals surface area (Å²) in [6.45, 7) is 2.08. The zero-order valence-corrected chi connectivity index (χ0v) is 9.76. The lowest BCUT2D eigenvalue weighted by molar-refractivity contribution is -0.117. The van der Waals surface area contributed by atoms with Gasteiger partial charge in [-0.1, -0.05) is 25.5 Å². The number of amides is 1. The highest BCUT2D eigenvalue weighted by molar-refractivity contribution is 6.58. The number of hydrogen-bond acceptors (Lipinski definition) is 3. The fraction of sp³-hybridized carbons (Fsp3) is 0.417. The molecule has 1 aromatic rings. The van der Waals surface area contributed by atoms with Crippen LogP contribution in [0.5, 0.6) is 0 Å². The van der Waals surface area contributed by atoms with Crippen LogP contribution >= 0.6 is 0 Å². The highest BCUT2D eigenvalue weighted by Crippen LogP contribution is 2.41. The lowest BCUT2D eigenvalue weighted by Crippen LogP contribution is -2.30. The molecular formula is C12H16BNO3. The van der Waals surface area contributed by atoms with Gasteiger partial charge in [0, 0.05) is 11.6 Å². The summed E-state index contributed by atoms with van der Waals surface area (Å²) in [6, 6.07) is 6.61. The van der Waals surface area contributed by atoms with Gasteiger partial charge < -0.3 is 15.4 Å². The summed E-state index contributed by atoms with van der Waals surface area (Å²) in [5.74, 6) is 0.672. The number of rotatable bonds is 4. The molecular weight excluding hydrogens is 217 g/mol. The number of benzene rings is 1. The number of carbonyl (C=O) groups is 1. The van der Waals surface area contributed by atoms with Crippen LogP contribution in [0.15, 0.2) is 24.3 Å². The topological polar surface area (TPSA) is 69.6 Å². The Morgan fingerprint density at radius 3 is 2.88 bits per heavy atom. The predicted octanol–water partition coefficient (Wildman–Crippen LogP) is 0.351. The molecule has 0 aromatic heterocycles. The molecule has 0 saturated heterocycles. The third kappa shape index (κ3) is 2.87. The van der Waals surface area contributed by atoms with Gasteiger partial charge >= 0.3 is 7.12 Å². The quantitative estimate of drug-likeness (QED) is 0.657. The molecule has 0 heterocycles. The van der Waals surface area contributed by atoms with Crippen molar-refractivity contribution in [2.75, 3.05) is 5.32 Å². The van der Waals surface area contributed by atoms with E-state index in [1.807, 2.05) is 0 Å². The van der Waals surface area contributed by atoms with Gasteiger partial charge in [0.25, 0.3) is 0 Å². The second kappa shape index (κ2) is 4.90. The van der Waals surface area contributed by atoms with Crippen molar-refractivity contribution in [2.45, 2.75) is 19.8 Å². The van der Waals surface area contributed by atoms with E-state index in [0.29, 0.717) is 17.1 Å². The highest BCUT2D eigenvalue weighted by Gasteiger charge is 2.41. The van der Waals surface area contributed by atoms with Crippen LogP contribution in [0.25, 0.3) is 0 Å². The number of nitrogens with one attached hydrogen (secondary N) is 1. The molecule has 1 aromatic carbocycles. The zero-order chi connectivity index (χ0) is 12.4. The lowest BCUT2D eigenvalue weighted by Gasteiger charge is -2.06. The van der Waals surface area contributed by atoms with Gasteiger partial charge in [-0.3, -0.25) is 4.79 Å². The van der Waals surface area contributed by atoms with Gasteiger partial charge in [-0.2, -0.15) is 0 Å². The van der Waals surface area contributed by atoms with Crippen molar-refractivity contribution in [2.24, 2.45) is 11.8 Å². The van der Waals surface area contributed by atoms with Crippen molar-refractivity contribution in [3.8, 4) is 0 Å². The minimum absolute atomic E-state index is 0.0291. The summed E-state index contributed by atoms with van der Waals surface area (Å²) < 4.78 is 0. The molecule has 3 N–H and O–H groups in total. The standard InChI is InChI=1S/C12H16BNO3/c1-2-8-6-11(8)12(15)14-10-5-3-4-9(7-10)13(16)17/h3-5,7-8,11,16-17H,2,6H2,1H3,(H,14,15). The minimum atomic E-state index is -1.50. The monoisotopic (exact) mass is 233 g/mol. The van der Waals surface area contributed by atoms with Crippen LogP contribution in [0.4, 0.5) is 5.69 Å². The molecule has 2 rings (SSSR count). The van der Waals surface area contributed by atoms with Crippen molar-refractivity contribution in [3.05, 3.63) is 24.3 Å². The van der Waals surface area contributed by atoms with E-state index in [0.717, 1.165) is 12.8 Å². The van der Waals surface area contributed by atoms with Gasteiger partial charge in [-0.25, -0.2) is 0 Å². The maximum absolute atomic E-state index is 11.8. The first kappa shape index (κ1) is 12.1. The normalized spacial score (nSPS) is 22.1. The van der Waals surface area contributed by atoms with E-state index in [1.165, 1.54) is 0 Å². The van der Waals surface area contributed by atoms with Crippen molar-refractivity contribution < 1.29 is 14.8 Å². The third-order valence-corrected chi connectivity index (χ3v) is 3.24. The number of hydrogen-bond donors (Lipinski definition) is 3. The maximum Gasteiger partial charge on any atom is 0.488 e. The van der Waals surface area contributed by atoms with Crippen LogP contribution in [0.1, 0.15) is 19.8 Å². The molecule has 0 bridgehead atoms. The molecule has 5 heteroatoms. The Hall–Kier alpha value is -1.33. The van der Waals surface area contributed by atoms with E-state index < -0.39 is 7.12 Å². The first-order valence-corrected chi connectivity index (χ1v) is 5.88. The average Bonchev–Trinajstić information content (AvgIpc) is 3.08. The molecule has 4 nitrogen and oxygen atoms in total. The molecule has 1 aliphatic carbocycles. The van der Waals surface area contributed by atoms with Crippen LogP contribution in [-0.4, -0.2) is 23.1 Å². The van der Waals surface area contributed by atoms with Crippen molar-refractivity contribution in [1.29, 1.82) is 0 Å². The van der Waals surface area contributed by atoms with Crippen LogP contribution in [-0.2, 0) is 4.79 Å². The molecule has 0 spiro atoms. The molecule has 1 aliphatic rings. The van der Waals surface area contributed by atoms with Crippen molar-refractivity contribution >= 4 is 24.2 Å². The molecule has 17 heavy (non-hydrogen) atoms. The van der Waals surface area contributed by atoms with Crippen molar-refractivity contribution in [1.82, 2.24) is 0 Å². The summed E-state index contributed by atoms with van der Waals surface area (Å²) >= 11 is 0. The minimum Gasteiger partial charge on any atom is -0.423 e. The molecule has 1 saturated carbocycles. The van der Waals surface area contributed by atoms with Crippen LogP contribution in [0.3, 0.4) is 0 Å². The van der Waals surface area contributed by atoms with Gasteiger partial charge in [0.1, 0.15) is 0 Å². The fourth-order valence-corrected chi connectivity index (χ4v) is 2.03. The van der Waals surface area contributed by atoms with Gasteiger partial charge in [0.15, 0.2) is 0 Å². The van der Waals surface area contributed by atoms with Crippen LogP contribution in [0, 0.1) is 11.8 Å². The van der Waals surface area contributed by atoms with Crippen LogP contribution < -0.4 is 10.8 Å². The SMILES string of the molecule is CCC1CC1C(=O)Nc1cccc(B(O)O)c1.